The van der Waals surface area contributed by atoms with Crippen LogP contribution in [0.3, 0.4) is 0 Å². The highest BCUT2D eigenvalue weighted by molar-refractivity contribution is 6.21. The van der Waals surface area contributed by atoms with Gasteiger partial charge in [-0.1, -0.05) is 48.5 Å². The first-order valence-corrected chi connectivity index (χ1v) is 13.4. The van der Waals surface area contributed by atoms with Crippen molar-refractivity contribution in [2.75, 3.05) is 78.8 Å². The van der Waals surface area contributed by atoms with E-state index in [1.807, 2.05) is 0 Å². The van der Waals surface area contributed by atoms with Crippen LogP contribution in [0.4, 0.5) is 0 Å². The predicted molar refractivity (Wildman–Crippen MR) is 150 cm³/mol. The second-order valence-corrected chi connectivity index (χ2v) is 9.60. The summed E-state index contributed by atoms with van der Waals surface area (Å²) >= 11 is 0. The first-order valence-electron chi connectivity index (χ1n) is 13.4. The van der Waals surface area contributed by atoms with Crippen molar-refractivity contribution in [2.24, 2.45) is 9.98 Å². The second-order valence-electron chi connectivity index (χ2n) is 9.60. The Bertz CT molecular complexity index is 1030. The zero-order valence-electron chi connectivity index (χ0n) is 21.3. The van der Waals surface area contributed by atoms with Gasteiger partial charge in [0.2, 0.25) is 0 Å². The quantitative estimate of drug-likeness (QED) is 0.244. The summed E-state index contributed by atoms with van der Waals surface area (Å²) in [6, 6.07) is 17.3. The van der Waals surface area contributed by atoms with E-state index in [4.69, 9.17) is 19.5 Å². The van der Waals surface area contributed by atoms with Gasteiger partial charge in [-0.25, -0.2) is 0 Å². The molecule has 0 aromatic heterocycles. The van der Waals surface area contributed by atoms with Crippen molar-refractivity contribution in [2.45, 2.75) is 12.8 Å². The standard InChI is InChI=1S/C30H38N4O2/c1-2-8-26-25(7-1)29(23-31-11-5-13-33-15-19-35-20-16-33)27-9-3-4-10-28(27)30(26)24-32-12-6-14-34-17-21-36-22-18-34/h1-4,7-10,23-24H,5-6,11-22H2. The lowest BCUT2D eigenvalue weighted by molar-refractivity contribution is 0.0377. The first kappa shape index (κ1) is 25.0. The molecular formula is C30H38N4O2. The Morgan fingerprint density at radius 3 is 1.31 bits per heavy atom. The van der Waals surface area contributed by atoms with Gasteiger partial charge in [-0.05, 0) is 34.4 Å². The van der Waals surface area contributed by atoms with Gasteiger partial charge >= 0.3 is 0 Å². The van der Waals surface area contributed by atoms with E-state index in [1.54, 1.807) is 0 Å². The van der Waals surface area contributed by atoms with Gasteiger partial charge in [0.05, 0.1) is 26.4 Å². The molecule has 2 aliphatic rings. The molecule has 0 saturated carbocycles. The molecule has 5 rings (SSSR count). The van der Waals surface area contributed by atoms with Crippen molar-refractivity contribution in [3.63, 3.8) is 0 Å². The molecule has 0 bridgehead atoms. The topological polar surface area (TPSA) is 49.7 Å². The van der Waals surface area contributed by atoms with Crippen LogP contribution < -0.4 is 0 Å². The van der Waals surface area contributed by atoms with Gasteiger partial charge < -0.3 is 9.47 Å². The lowest BCUT2D eigenvalue weighted by Gasteiger charge is -2.26. The Hall–Kier alpha value is -2.64. The average Bonchev–Trinajstić information content (AvgIpc) is 2.94. The number of morpholine rings is 2. The Labute approximate surface area is 214 Å². The minimum atomic E-state index is 0.840. The Balaban J connectivity index is 1.31. The van der Waals surface area contributed by atoms with Crippen LogP contribution in [0.2, 0.25) is 0 Å². The molecule has 0 atom stereocenters. The molecule has 3 aromatic rings. The minimum absolute atomic E-state index is 0.840. The van der Waals surface area contributed by atoms with E-state index in [0.717, 1.165) is 91.6 Å². The van der Waals surface area contributed by atoms with E-state index in [9.17, 15) is 0 Å². The van der Waals surface area contributed by atoms with Crippen LogP contribution in [0.25, 0.3) is 21.5 Å². The molecular weight excluding hydrogens is 448 g/mol. The molecule has 2 saturated heterocycles. The summed E-state index contributed by atoms with van der Waals surface area (Å²) < 4.78 is 10.9. The number of ether oxygens (including phenoxy) is 2. The maximum atomic E-state index is 5.45. The molecule has 0 unspecified atom stereocenters. The van der Waals surface area contributed by atoms with Crippen LogP contribution in [0, 0.1) is 0 Å². The van der Waals surface area contributed by atoms with Crippen LogP contribution >= 0.6 is 0 Å². The molecule has 6 heteroatoms. The highest BCUT2D eigenvalue weighted by Gasteiger charge is 2.12. The van der Waals surface area contributed by atoms with Crippen molar-refractivity contribution in [3.8, 4) is 0 Å². The van der Waals surface area contributed by atoms with Crippen LogP contribution in [0.15, 0.2) is 58.5 Å². The molecule has 6 nitrogen and oxygen atoms in total. The van der Waals surface area contributed by atoms with Crippen molar-refractivity contribution in [3.05, 3.63) is 59.7 Å². The van der Waals surface area contributed by atoms with Gasteiger partial charge in [-0.2, -0.15) is 0 Å². The minimum Gasteiger partial charge on any atom is -0.379 e. The third-order valence-electron chi connectivity index (χ3n) is 7.19. The van der Waals surface area contributed by atoms with Gasteiger partial charge in [-0.3, -0.25) is 19.8 Å². The summed E-state index contributed by atoms with van der Waals surface area (Å²) in [6.45, 7) is 11.4. The second kappa shape index (κ2) is 13.1. The molecule has 3 aromatic carbocycles. The molecule has 0 N–H and O–H groups in total. The van der Waals surface area contributed by atoms with E-state index >= 15 is 0 Å². The zero-order chi connectivity index (χ0) is 24.4. The SMILES string of the molecule is C(=NCCCN1CCOCC1)c1c2ccccc2c(C=NCCCN2CCOCC2)c2ccccc12. The van der Waals surface area contributed by atoms with Gasteiger partial charge in [0, 0.05) is 75.9 Å². The summed E-state index contributed by atoms with van der Waals surface area (Å²) in [5.41, 5.74) is 2.41. The monoisotopic (exact) mass is 486 g/mol. The van der Waals surface area contributed by atoms with Gasteiger partial charge in [0.25, 0.3) is 0 Å². The number of fused-ring (bicyclic) bond motifs is 2. The number of rotatable bonds is 10. The molecule has 0 radical (unpaired) electrons. The highest BCUT2D eigenvalue weighted by atomic mass is 16.5. The molecule has 190 valence electrons. The molecule has 0 amide bonds. The Kier molecular flexibility index (Phi) is 9.08. The first-order chi connectivity index (χ1) is 17.9. The van der Waals surface area contributed by atoms with E-state index < -0.39 is 0 Å². The number of nitrogens with zero attached hydrogens (tertiary/aromatic N) is 4. The predicted octanol–water partition coefficient (Wildman–Crippen LogP) is 4.28. The Morgan fingerprint density at radius 2 is 0.944 bits per heavy atom. The summed E-state index contributed by atoms with van der Waals surface area (Å²) in [5, 5.41) is 4.96. The van der Waals surface area contributed by atoms with Crippen LogP contribution in [0.1, 0.15) is 24.0 Å². The van der Waals surface area contributed by atoms with Crippen LogP contribution in [-0.2, 0) is 9.47 Å². The van der Waals surface area contributed by atoms with Gasteiger partial charge in [-0.15, -0.1) is 0 Å². The highest BCUT2D eigenvalue weighted by Crippen LogP contribution is 2.31. The van der Waals surface area contributed by atoms with E-state index in [0.29, 0.717) is 0 Å². The largest absolute Gasteiger partial charge is 0.379 e. The normalized spacial score (nSPS) is 18.2. The van der Waals surface area contributed by atoms with Crippen molar-refractivity contribution < 1.29 is 9.47 Å². The lowest BCUT2D eigenvalue weighted by Crippen LogP contribution is -2.37. The number of hydrogen-bond acceptors (Lipinski definition) is 6. The fourth-order valence-electron chi connectivity index (χ4n) is 5.21. The fourth-order valence-corrected chi connectivity index (χ4v) is 5.21. The molecule has 0 spiro atoms. The zero-order valence-corrected chi connectivity index (χ0v) is 21.3. The van der Waals surface area contributed by atoms with Crippen molar-refractivity contribution in [1.82, 2.24) is 9.80 Å². The number of benzene rings is 3. The summed E-state index contributed by atoms with van der Waals surface area (Å²) in [6.07, 6.45) is 6.32. The third kappa shape index (κ3) is 6.37. The maximum Gasteiger partial charge on any atom is 0.0594 e. The van der Waals surface area contributed by atoms with Crippen molar-refractivity contribution >= 4 is 34.0 Å². The van der Waals surface area contributed by atoms with Gasteiger partial charge in [0.15, 0.2) is 0 Å². The Morgan fingerprint density at radius 1 is 0.583 bits per heavy atom. The molecule has 2 fully saturated rings. The number of aliphatic imine (C=N–C) groups is 2. The molecule has 2 aliphatic heterocycles. The number of hydrogen-bond donors (Lipinski definition) is 0. The summed E-state index contributed by atoms with van der Waals surface area (Å²) in [7, 11) is 0. The van der Waals surface area contributed by atoms with E-state index in [-0.39, 0.29) is 0 Å². The van der Waals surface area contributed by atoms with Crippen LogP contribution in [-0.4, -0.2) is 101 Å². The summed E-state index contributed by atoms with van der Waals surface area (Å²) in [4.78, 5) is 14.7. The fraction of sp³-hybridized carbons (Fsp3) is 0.467. The summed E-state index contributed by atoms with van der Waals surface area (Å²) in [5.74, 6) is 0. The van der Waals surface area contributed by atoms with Crippen molar-refractivity contribution in [1.29, 1.82) is 0 Å². The lowest BCUT2D eigenvalue weighted by atomic mass is 9.92. The smallest absolute Gasteiger partial charge is 0.0594 e. The van der Waals surface area contributed by atoms with E-state index in [1.165, 1.54) is 32.7 Å². The average molecular weight is 487 g/mol. The van der Waals surface area contributed by atoms with Gasteiger partial charge in [0.1, 0.15) is 0 Å². The molecule has 2 heterocycles. The molecule has 36 heavy (non-hydrogen) atoms. The third-order valence-corrected chi connectivity index (χ3v) is 7.19. The maximum absolute atomic E-state index is 5.45. The molecule has 0 aliphatic carbocycles. The van der Waals surface area contributed by atoms with E-state index in [2.05, 4.69) is 70.8 Å². The van der Waals surface area contributed by atoms with Crippen LogP contribution in [0.5, 0.6) is 0 Å².